The van der Waals surface area contributed by atoms with E-state index in [1.54, 1.807) is 18.2 Å². The van der Waals surface area contributed by atoms with Crippen LogP contribution in [-0.2, 0) is 11.2 Å². The van der Waals surface area contributed by atoms with Crippen LogP contribution in [-0.4, -0.2) is 31.6 Å². The molecule has 29 heavy (non-hydrogen) atoms. The molecule has 6 nitrogen and oxygen atoms in total. The van der Waals surface area contributed by atoms with Gasteiger partial charge in [-0.1, -0.05) is 6.07 Å². The van der Waals surface area contributed by atoms with Crippen LogP contribution in [0.2, 0.25) is 0 Å². The summed E-state index contributed by atoms with van der Waals surface area (Å²) in [6.45, 7) is 5.53. The number of carbonyl (C=O) groups excluding carboxylic acids is 2. The summed E-state index contributed by atoms with van der Waals surface area (Å²) >= 11 is 0. The molecule has 0 saturated heterocycles. The van der Waals surface area contributed by atoms with E-state index in [0.29, 0.717) is 36.0 Å². The number of hydrogen-bond acceptors (Lipinski definition) is 4. The zero-order valence-corrected chi connectivity index (χ0v) is 16.9. The van der Waals surface area contributed by atoms with Crippen LogP contribution in [0.4, 0.5) is 11.4 Å². The predicted octanol–water partition coefficient (Wildman–Crippen LogP) is 4.04. The third kappa shape index (κ3) is 4.06. The molecule has 0 bridgehead atoms. The normalized spacial score (nSPS) is 15.0. The summed E-state index contributed by atoms with van der Waals surface area (Å²) in [7, 11) is 0. The molecule has 1 aliphatic carbocycles. The number of rotatable bonds is 7. The molecule has 2 amide bonds. The molecule has 0 radical (unpaired) electrons. The third-order valence-electron chi connectivity index (χ3n) is 5.24. The highest BCUT2D eigenvalue weighted by molar-refractivity contribution is 6.05. The van der Waals surface area contributed by atoms with Gasteiger partial charge in [-0.05, 0) is 69.0 Å². The van der Waals surface area contributed by atoms with Crippen molar-refractivity contribution in [2.75, 3.05) is 30.0 Å². The van der Waals surface area contributed by atoms with Crippen molar-refractivity contribution in [2.45, 2.75) is 33.1 Å². The highest BCUT2D eigenvalue weighted by atomic mass is 16.5. The maximum atomic E-state index is 12.8. The maximum absolute atomic E-state index is 12.8. The topological polar surface area (TPSA) is 67.9 Å². The first-order valence-electron chi connectivity index (χ1n) is 10.3. The molecule has 2 aromatic rings. The van der Waals surface area contributed by atoms with Crippen LogP contribution in [0.1, 0.15) is 42.6 Å². The van der Waals surface area contributed by atoms with E-state index >= 15 is 0 Å². The van der Waals surface area contributed by atoms with Gasteiger partial charge in [-0.2, -0.15) is 0 Å². The third-order valence-corrected chi connectivity index (χ3v) is 5.24. The lowest BCUT2D eigenvalue weighted by molar-refractivity contribution is -0.119. The van der Waals surface area contributed by atoms with Crippen molar-refractivity contribution in [3.05, 3.63) is 47.5 Å². The quantitative estimate of drug-likeness (QED) is 0.770. The molecule has 6 heteroatoms. The first-order chi connectivity index (χ1) is 14.1. The smallest absolute Gasteiger partial charge is 0.255 e. The molecule has 4 rings (SSSR count). The van der Waals surface area contributed by atoms with Gasteiger partial charge < -0.3 is 19.7 Å². The minimum Gasteiger partial charge on any atom is -0.490 e. The lowest BCUT2D eigenvalue weighted by Gasteiger charge is -2.18. The highest BCUT2D eigenvalue weighted by Gasteiger charge is 2.36. The molecule has 1 saturated carbocycles. The monoisotopic (exact) mass is 394 g/mol. The Balaban J connectivity index is 1.52. The second kappa shape index (κ2) is 8.15. The lowest BCUT2D eigenvalue weighted by atomic mass is 10.1. The zero-order valence-electron chi connectivity index (χ0n) is 16.9. The Morgan fingerprint density at radius 1 is 1.03 bits per heavy atom. The molecule has 1 heterocycles. The predicted molar refractivity (Wildman–Crippen MR) is 112 cm³/mol. The molecule has 1 aliphatic heterocycles. The van der Waals surface area contributed by atoms with Crippen molar-refractivity contribution in [1.29, 1.82) is 0 Å². The van der Waals surface area contributed by atoms with E-state index in [2.05, 4.69) is 5.32 Å². The number of nitrogens with zero attached hydrogens (tertiary/aromatic N) is 1. The van der Waals surface area contributed by atoms with Crippen LogP contribution in [0.5, 0.6) is 11.5 Å². The van der Waals surface area contributed by atoms with Crippen molar-refractivity contribution < 1.29 is 19.1 Å². The molecular formula is C23H26N2O4. The van der Waals surface area contributed by atoms with Gasteiger partial charge in [-0.3, -0.25) is 9.59 Å². The van der Waals surface area contributed by atoms with Gasteiger partial charge in [0.05, 0.1) is 13.2 Å². The van der Waals surface area contributed by atoms with Crippen LogP contribution >= 0.6 is 0 Å². The summed E-state index contributed by atoms with van der Waals surface area (Å²) in [4.78, 5) is 27.2. The van der Waals surface area contributed by atoms with Crippen molar-refractivity contribution in [2.24, 2.45) is 5.92 Å². The number of carbonyl (C=O) groups is 2. The van der Waals surface area contributed by atoms with Crippen molar-refractivity contribution >= 4 is 23.2 Å². The van der Waals surface area contributed by atoms with Gasteiger partial charge in [0.25, 0.3) is 5.91 Å². The summed E-state index contributed by atoms with van der Waals surface area (Å²) in [5.41, 5.74) is 3.23. The van der Waals surface area contributed by atoms with Gasteiger partial charge in [0.1, 0.15) is 0 Å². The number of nitrogens with one attached hydrogen (secondary N) is 1. The average molecular weight is 394 g/mol. The Labute approximate surface area is 170 Å². The molecule has 152 valence electrons. The Morgan fingerprint density at radius 2 is 1.79 bits per heavy atom. The summed E-state index contributed by atoms with van der Waals surface area (Å²) in [5, 5.41) is 2.94. The molecule has 2 aromatic carbocycles. The fourth-order valence-corrected chi connectivity index (χ4v) is 3.63. The number of anilines is 2. The van der Waals surface area contributed by atoms with Gasteiger partial charge in [0.2, 0.25) is 5.91 Å². The molecule has 0 unspecified atom stereocenters. The molecule has 0 aromatic heterocycles. The second-order valence-corrected chi connectivity index (χ2v) is 7.34. The fourth-order valence-electron chi connectivity index (χ4n) is 3.63. The maximum Gasteiger partial charge on any atom is 0.255 e. The fraction of sp³-hybridized carbons (Fsp3) is 0.391. The summed E-state index contributed by atoms with van der Waals surface area (Å²) in [6.07, 6.45) is 2.83. The lowest BCUT2D eigenvalue weighted by Crippen LogP contribution is -2.30. The number of fused-ring (bicyclic) bond motifs is 1. The van der Waals surface area contributed by atoms with E-state index in [-0.39, 0.29) is 17.7 Å². The SMILES string of the molecule is CCOc1ccc(C(=O)Nc2ccc3c(c2)N(C(=O)C2CC2)CC3)cc1OCC. The Hall–Kier alpha value is -3.02. The van der Waals surface area contributed by atoms with E-state index in [1.807, 2.05) is 36.9 Å². The van der Waals surface area contributed by atoms with Crippen LogP contribution in [0.3, 0.4) is 0 Å². The number of amides is 2. The van der Waals surface area contributed by atoms with Crippen LogP contribution in [0.25, 0.3) is 0 Å². The van der Waals surface area contributed by atoms with Gasteiger partial charge in [-0.25, -0.2) is 0 Å². The van der Waals surface area contributed by atoms with E-state index in [4.69, 9.17) is 9.47 Å². The zero-order chi connectivity index (χ0) is 20.4. The molecule has 0 spiro atoms. The van der Waals surface area contributed by atoms with Crippen LogP contribution in [0.15, 0.2) is 36.4 Å². The van der Waals surface area contributed by atoms with Gasteiger partial charge in [0, 0.05) is 29.4 Å². The average Bonchev–Trinajstić information content (AvgIpc) is 3.49. The molecular weight excluding hydrogens is 368 g/mol. The van der Waals surface area contributed by atoms with Gasteiger partial charge in [-0.15, -0.1) is 0 Å². The van der Waals surface area contributed by atoms with E-state index in [0.717, 1.165) is 37.1 Å². The Bertz CT molecular complexity index is 936. The summed E-state index contributed by atoms with van der Waals surface area (Å²) in [5.74, 6) is 1.34. The number of hydrogen-bond donors (Lipinski definition) is 1. The Morgan fingerprint density at radius 3 is 2.52 bits per heavy atom. The van der Waals surface area contributed by atoms with Crippen molar-refractivity contribution in [3.63, 3.8) is 0 Å². The summed E-state index contributed by atoms with van der Waals surface area (Å²) in [6, 6.07) is 11.0. The molecule has 0 atom stereocenters. The second-order valence-electron chi connectivity index (χ2n) is 7.34. The Kier molecular flexibility index (Phi) is 5.43. The van der Waals surface area contributed by atoms with Gasteiger partial charge in [0.15, 0.2) is 11.5 Å². The number of benzene rings is 2. The largest absolute Gasteiger partial charge is 0.490 e. The van der Waals surface area contributed by atoms with E-state index < -0.39 is 0 Å². The molecule has 2 aliphatic rings. The minimum absolute atomic E-state index is 0.181. The van der Waals surface area contributed by atoms with Gasteiger partial charge >= 0.3 is 0 Å². The minimum atomic E-state index is -0.230. The first kappa shape index (κ1) is 19.3. The van der Waals surface area contributed by atoms with Crippen molar-refractivity contribution in [1.82, 2.24) is 0 Å². The summed E-state index contributed by atoms with van der Waals surface area (Å²) < 4.78 is 11.2. The highest BCUT2D eigenvalue weighted by Crippen LogP contribution is 2.37. The first-order valence-corrected chi connectivity index (χ1v) is 10.3. The van der Waals surface area contributed by atoms with Crippen LogP contribution < -0.4 is 19.7 Å². The molecule has 1 fully saturated rings. The van der Waals surface area contributed by atoms with E-state index in [1.165, 1.54) is 0 Å². The van der Waals surface area contributed by atoms with E-state index in [9.17, 15) is 9.59 Å². The molecule has 1 N–H and O–H groups in total. The van der Waals surface area contributed by atoms with Crippen LogP contribution in [0, 0.1) is 5.92 Å². The van der Waals surface area contributed by atoms with Crippen molar-refractivity contribution in [3.8, 4) is 11.5 Å². The standard InChI is InChI=1S/C23H26N2O4/c1-3-28-20-10-8-17(13-21(20)29-4-2)22(26)24-18-9-7-15-11-12-25(19(15)14-18)23(27)16-5-6-16/h7-10,13-14,16H,3-6,11-12H2,1-2H3,(H,24,26). The number of ether oxygens (including phenoxy) is 2.